The molecule has 0 aliphatic heterocycles. The molecule has 270 valence electrons. The van der Waals surface area contributed by atoms with Crippen molar-refractivity contribution in [3.8, 4) is 22.7 Å². The molecule has 2 aromatic heterocycles. The number of halogens is 4. The summed E-state index contributed by atoms with van der Waals surface area (Å²) >= 11 is 1.58. The average Bonchev–Trinajstić information content (AvgIpc) is 3.84. The lowest BCUT2D eigenvalue weighted by Crippen LogP contribution is -2.24. The van der Waals surface area contributed by atoms with Crippen LogP contribution >= 0.6 is 11.8 Å². The quantitative estimate of drug-likeness (QED) is 0.0294. The SMILES string of the molecule is CCCC(NCCCN=C(C)N)c1ccc(-n2cc3cc(-c4cc(CCCC(N)C5CC5)cc(OC(F)(F)F)c4F)[nH]c3nc2=O)cc1SC. The summed E-state index contributed by atoms with van der Waals surface area (Å²) in [7, 11) is 0. The number of aryl methyl sites for hydroxylation is 1. The molecule has 0 amide bonds. The van der Waals surface area contributed by atoms with E-state index < -0.39 is 23.6 Å². The largest absolute Gasteiger partial charge is 0.573 e. The molecule has 50 heavy (non-hydrogen) atoms. The number of hydrogen-bond donors (Lipinski definition) is 4. The van der Waals surface area contributed by atoms with E-state index in [4.69, 9.17) is 11.5 Å². The highest BCUT2D eigenvalue weighted by atomic mass is 32.2. The molecule has 1 aliphatic carbocycles. The third-order valence-corrected chi connectivity index (χ3v) is 9.68. The standard InChI is InChI=1S/C36H45F4N7O2S/c1-4-7-29(44-15-6-14-43-21(2)41)26-13-12-25(19-32(26)50-3)47-20-24-18-30(45-34(24)46-35(47)48)27-16-22(8-5-9-28(42)23-10-11-23)17-31(33(27)37)49-36(38,39)40/h12-13,16-20,23,28-29,44H,4-11,14-15,42H2,1-3H3,(H2,41,43)(H,45,46,48). The highest BCUT2D eigenvalue weighted by Crippen LogP contribution is 2.37. The molecular formula is C36H45F4N7O2S. The lowest BCUT2D eigenvalue weighted by atomic mass is 9.99. The smallest absolute Gasteiger partial charge is 0.403 e. The Morgan fingerprint density at radius 1 is 1.20 bits per heavy atom. The van der Waals surface area contributed by atoms with E-state index in [0.29, 0.717) is 47.8 Å². The summed E-state index contributed by atoms with van der Waals surface area (Å²) in [5.41, 5.74) is 13.7. The summed E-state index contributed by atoms with van der Waals surface area (Å²) in [6.45, 7) is 5.33. The van der Waals surface area contributed by atoms with Crippen molar-refractivity contribution in [2.45, 2.75) is 88.6 Å². The van der Waals surface area contributed by atoms with Crippen molar-refractivity contribution >= 4 is 28.6 Å². The maximum atomic E-state index is 15.6. The molecule has 0 spiro atoms. The van der Waals surface area contributed by atoms with E-state index in [0.717, 1.165) is 61.6 Å². The molecule has 4 aromatic rings. The monoisotopic (exact) mass is 715 g/mol. The van der Waals surface area contributed by atoms with Gasteiger partial charge in [-0.2, -0.15) is 4.98 Å². The van der Waals surface area contributed by atoms with Gasteiger partial charge in [0.15, 0.2) is 11.6 Å². The third-order valence-electron chi connectivity index (χ3n) is 8.89. The Bertz CT molecular complexity index is 1870. The first kappa shape index (κ1) is 37.4. The Morgan fingerprint density at radius 3 is 2.66 bits per heavy atom. The number of benzene rings is 2. The van der Waals surface area contributed by atoms with Crippen molar-refractivity contribution in [3.05, 3.63) is 70.0 Å². The normalized spacial score (nSPS) is 15.1. The van der Waals surface area contributed by atoms with Crippen LogP contribution in [0.5, 0.6) is 5.75 Å². The molecule has 14 heteroatoms. The molecule has 5 rings (SSSR count). The van der Waals surface area contributed by atoms with E-state index in [2.05, 4.69) is 31.9 Å². The number of ether oxygens (including phenoxy) is 1. The van der Waals surface area contributed by atoms with Crippen LogP contribution < -0.4 is 27.2 Å². The Hall–Kier alpha value is -3.88. The Balaban J connectivity index is 1.43. The second-order valence-corrected chi connectivity index (χ2v) is 13.7. The number of thioether (sulfide) groups is 1. The number of aromatic amines is 1. The van der Waals surface area contributed by atoms with Gasteiger partial charge < -0.3 is 26.5 Å². The fourth-order valence-electron chi connectivity index (χ4n) is 6.23. The number of amidine groups is 1. The number of aliphatic imine (C=N–C) groups is 1. The number of alkyl halides is 3. The van der Waals surface area contributed by atoms with Crippen LogP contribution in [0.15, 0.2) is 57.3 Å². The zero-order chi connectivity index (χ0) is 36.0. The molecule has 0 bridgehead atoms. The number of hydrogen-bond acceptors (Lipinski definition) is 7. The van der Waals surface area contributed by atoms with Gasteiger partial charge in [-0.25, -0.2) is 9.18 Å². The van der Waals surface area contributed by atoms with Crippen molar-refractivity contribution < 1.29 is 22.3 Å². The van der Waals surface area contributed by atoms with Gasteiger partial charge in [0.05, 0.1) is 17.2 Å². The lowest BCUT2D eigenvalue weighted by molar-refractivity contribution is -0.275. The van der Waals surface area contributed by atoms with E-state index in [1.807, 2.05) is 24.5 Å². The van der Waals surface area contributed by atoms with Crippen LogP contribution in [0.2, 0.25) is 0 Å². The molecule has 2 aromatic carbocycles. The summed E-state index contributed by atoms with van der Waals surface area (Å²) < 4.78 is 60.9. The zero-order valence-electron chi connectivity index (χ0n) is 28.6. The van der Waals surface area contributed by atoms with Crippen LogP contribution in [0, 0.1) is 11.7 Å². The minimum absolute atomic E-state index is 0.0443. The van der Waals surface area contributed by atoms with Crippen LogP contribution in [0.4, 0.5) is 17.6 Å². The molecule has 6 N–H and O–H groups in total. The van der Waals surface area contributed by atoms with Crippen molar-refractivity contribution in [1.82, 2.24) is 19.9 Å². The molecule has 1 fully saturated rings. The van der Waals surface area contributed by atoms with E-state index in [1.54, 1.807) is 30.9 Å². The maximum absolute atomic E-state index is 15.6. The highest BCUT2D eigenvalue weighted by Gasteiger charge is 2.33. The van der Waals surface area contributed by atoms with Crippen LogP contribution in [0.3, 0.4) is 0 Å². The van der Waals surface area contributed by atoms with Crippen molar-refractivity contribution in [2.24, 2.45) is 22.4 Å². The molecule has 9 nitrogen and oxygen atoms in total. The van der Waals surface area contributed by atoms with Crippen LogP contribution in [0.25, 0.3) is 28.0 Å². The zero-order valence-corrected chi connectivity index (χ0v) is 29.4. The predicted octanol–water partition coefficient (Wildman–Crippen LogP) is 7.40. The van der Waals surface area contributed by atoms with Crippen LogP contribution in [0.1, 0.15) is 76.0 Å². The Morgan fingerprint density at radius 2 is 1.98 bits per heavy atom. The minimum Gasteiger partial charge on any atom is -0.403 e. The first-order valence-electron chi connectivity index (χ1n) is 17.0. The molecule has 2 unspecified atom stereocenters. The van der Waals surface area contributed by atoms with Crippen LogP contribution in [-0.2, 0) is 6.42 Å². The Labute approximate surface area is 293 Å². The first-order chi connectivity index (χ1) is 23.9. The summed E-state index contributed by atoms with van der Waals surface area (Å²) in [5.74, 6) is -1.02. The molecule has 1 saturated carbocycles. The van der Waals surface area contributed by atoms with Crippen molar-refractivity contribution in [2.75, 3.05) is 19.3 Å². The van der Waals surface area contributed by atoms with Gasteiger partial charge in [0.1, 0.15) is 5.65 Å². The molecule has 2 heterocycles. The van der Waals surface area contributed by atoms with E-state index in [-0.39, 0.29) is 29.0 Å². The maximum Gasteiger partial charge on any atom is 0.573 e. The molecule has 2 atom stereocenters. The van der Waals surface area contributed by atoms with E-state index in [1.165, 1.54) is 10.6 Å². The molecule has 0 radical (unpaired) electrons. The van der Waals surface area contributed by atoms with E-state index in [9.17, 15) is 18.0 Å². The first-order valence-corrected chi connectivity index (χ1v) is 18.2. The highest BCUT2D eigenvalue weighted by molar-refractivity contribution is 7.98. The second kappa shape index (κ2) is 16.4. The summed E-state index contributed by atoms with van der Waals surface area (Å²) in [6, 6.07) is 10.1. The van der Waals surface area contributed by atoms with Gasteiger partial charge in [-0.15, -0.1) is 24.9 Å². The molecular weight excluding hydrogens is 671 g/mol. The predicted molar refractivity (Wildman–Crippen MR) is 192 cm³/mol. The lowest BCUT2D eigenvalue weighted by Gasteiger charge is -2.22. The molecule has 1 aliphatic rings. The summed E-state index contributed by atoms with van der Waals surface area (Å²) in [4.78, 5) is 25.7. The van der Waals surface area contributed by atoms with Crippen LogP contribution in [-0.4, -0.2) is 52.1 Å². The number of nitrogens with zero attached hydrogens (tertiary/aromatic N) is 3. The van der Waals surface area contributed by atoms with Gasteiger partial charge in [0, 0.05) is 40.7 Å². The number of nitrogens with two attached hydrogens (primary N) is 2. The number of rotatable bonds is 17. The number of nitrogens with one attached hydrogen (secondary N) is 2. The topological polar surface area (TPSA) is 136 Å². The number of fused-ring (bicyclic) bond motifs is 1. The van der Waals surface area contributed by atoms with Gasteiger partial charge in [-0.1, -0.05) is 19.4 Å². The van der Waals surface area contributed by atoms with Gasteiger partial charge in [0.25, 0.3) is 0 Å². The average molecular weight is 716 g/mol. The van der Waals surface area contributed by atoms with Gasteiger partial charge in [-0.3, -0.25) is 9.56 Å². The minimum atomic E-state index is -5.08. The molecule has 0 saturated heterocycles. The van der Waals surface area contributed by atoms with Gasteiger partial charge >= 0.3 is 12.1 Å². The van der Waals surface area contributed by atoms with Gasteiger partial charge in [0.2, 0.25) is 0 Å². The third kappa shape index (κ3) is 9.67. The summed E-state index contributed by atoms with van der Waals surface area (Å²) in [5, 5.41) is 4.11. The second-order valence-electron chi connectivity index (χ2n) is 12.9. The number of H-pyrrole nitrogens is 1. The van der Waals surface area contributed by atoms with Crippen molar-refractivity contribution in [3.63, 3.8) is 0 Å². The Kier molecular flexibility index (Phi) is 12.3. The number of aromatic nitrogens is 3. The fraction of sp³-hybridized carbons (Fsp3) is 0.472. The fourth-order valence-corrected chi connectivity index (χ4v) is 6.91. The summed E-state index contributed by atoms with van der Waals surface area (Å²) in [6.07, 6.45) is 5.19. The van der Waals surface area contributed by atoms with E-state index >= 15 is 4.39 Å². The van der Waals surface area contributed by atoms with Gasteiger partial charge in [-0.05, 0) is 112 Å². The van der Waals surface area contributed by atoms with Crippen molar-refractivity contribution in [1.29, 1.82) is 0 Å².